The van der Waals surface area contributed by atoms with E-state index in [4.69, 9.17) is 0 Å². The number of rotatable bonds is 2. The topological polar surface area (TPSA) is 15.3 Å². The van der Waals surface area contributed by atoms with Gasteiger partial charge in [-0.3, -0.25) is 4.90 Å². The molecule has 116 valence electrons. The fourth-order valence-corrected chi connectivity index (χ4v) is 4.92. The van der Waals surface area contributed by atoms with Crippen molar-refractivity contribution in [3.05, 3.63) is 0 Å². The van der Waals surface area contributed by atoms with Crippen LogP contribution in [0, 0.1) is 5.92 Å². The Morgan fingerprint density at radius 2 is 1.40 bits per heavy atom. The Kier molecular flexibility index (Phi) is 5.39. The highest BCUT2D eigenvalue weighted by molar-refractivity contribution is 4.93. The zero-order valence-corrected chi connectivity index (χ0v) is 13.4. The summed E-state index contributed by atoms with van der Waals surface area (Å²) in [6.07, 6.45) is 16.3. The predicted molar refractivity (Wildman–Crippen MR) is 86.0 cm³/mol. The first-order valence-corrected chi connectivity index (χ1v) is 9.34. The molecule has 0 aromatic heterocycles. The Labute approximate surface area is 125 Å². The van der Waals surface area contributed by atoms with Gasteiger partial charge in [0.05, 0.1) is 0 Å². The van der Waals surface area contributed by atoms with Gasteiger partial charge in [-0.2, -0.15) is 0 Å². The summed E-state index contributed by atoms with van der Waals surface area (Å²) >= 11 is 0. The normalized spacial score (nSPS) is 35.9. The maximum atomic E-state index is 3.77. The van der Waals surface area contributed by atoms with E-state index in [0.29, 0.717) is 6.04 Å². The molecule has 3 rings (SSSR count). The summed E-state index contributed by atoms with van der Waals surface area (Å²) in [5.74, 6) is 0.979. The molecule has 2 aliphatic carbocycles. The van der Waals surface area contributed by atoms with Crippen LogP contribution in [0.5, 0.6) is 0 Å². The lowest BCUT2D eigenvalue weighted by Crippen LogP contribution is -2.61. The molecular formula is C18H34N2. The van der Waals surface area contributed by atoms with Gasteiger partial charge in [0, 0.05) is 31.2 Å². The molecule has 0 radical (unpaired) electrons. The molecule has 2 nitrogen and oxygen atoms in total. The van der Waals surface area contributed by atoms with E-state index in [1.54, 1.807) is 0 Å². The number of nitrogens with one attached hydrogen (secondary N) is 1. The van der Waals surface area contributed by atoms with Gasteiger partial charge < -0.3 is 5.32 Å². The standard InChI is InChI=1S/C18H34N2/c1-15-14-20(17-11-7-2-3-8-12-17)18(13-19-15)16-9-5-4-6-10-16/h15-19H,2-14H2,1H3. The molecule has 0 amide bonds. The van der Waals surface area contributed by atoms with Crippen molar-refractivity contribution in [2.24, 2.45) is 5.92 Å². The summed E-state index contributed by atoms with van der Waals surface area (Å²) in [4.78, 5) is 2.96. The lowest BCUT2D eigenvalue weighted by Gasteiger charge is -2.48. The van der Waals surface area contributed by atoms with Crippen molar-refractivity contribution in [1.29, 1.82) is 0 Å². The first-order chi connectivity index (χ1) is 9.84. The van der Waals surface area contributed by atoms with Crippen LogP contribution in [-0.4, -0.2) is 36.1 Å². The minimum Gasteiger partial charge on any atom is -0.311 e. The fraction of sp³-hybridized carbons (Fsp3) is 1.00. The molecular weight excluding hydrogens is 244 g/mol. The second-order valence-electron chi connectivity index (χ2n) is 7.62. The van der Waals surface area contributed by atoms with Crippen molar-refractivity contribution in [3.63, 3.8) is 0 Å². The van der Waals surface area contributed by atoms with Gasteiger partial charge in [-0.1, -0.05) is 44.9 Å². The molecule has 2 atom stereocenters. The quantitative estimate of drug-likeness (QED) is 0.769. The summed E-state index contributed by atoms with van der Waals surface area (Å²) in [6, 6.07) is 2.43. The maximum absolute atomic E-state index is 3.77. The zero-order valence-electron chi connectivity index (χ0n) is 13.4. The van der Waals surface area contributed by atoms with Gasteiger partial charge in [0.1, 0.15) is 0 Å². The Hall–Kier alpha value is -0.0800. The summed E-state index contributed by atoms with van der Waals surface area (Å²) in [6.45, 7) is 4.93. The monoisotopic (exact) mass is 278 g/mol. The molecule has 3 aliphatic rings. The SMILES string of the molecule is CC1CN(C2CCCCCC2)C(C2CCCCC2)CN1. The third kappa shape index (κ3) is 3.57. The summed E-state index contributed by atoms with van der Waals surface area (Å²) in [5.41, 5.74) is 0. The Balaban J connectivity index is 1.68. The predicted octanol–water partition coefficient (Wildman–Crippen LogP) is 3.95. The van der Waals surface area contributed by atoms with Crippen molar-refractivity contribution in [2.75, 3.05) is 13.1 Å². The van der Waals surface area contributed by atoms with E-state index in [1.807, 2.05) is 0 Å². The van der Waals surface area contributed by atoms with Crippen molar-refractivity contribution < 1.29 is 0 Å². The van der Waals surface area contributed by atoms with Gasteiger partial charge in [0.2, 0.25) is 0 Å². The number of hydrogen-bond donors (Lipinski definition) is 1. The summed E-state index contributed by atoms with van der Waals surface area (Å²) in [5, 5.41) is 3.77. The molecule has 0 spiro atoms. The van der Waals surface area contributed by atoms with E-state index in [2.05, 4.69) is 17.1 Å². The first-order valence-electron chi connectivity index (χ1n) is 9.34. The average Bonchev–Trinajstić information content (AvgIpc) is 2.77. The molecule has 0 aromatic carbocycles. The molecule has 3 fully saturated rings. The Morgan fingerprint density at radius 1 is 0.800 bits per heavy atom. The number of nitrogens with zero attached hydrogens (tertiary/aromatic N) is 1. The van der Waals surface area contributed by atoms with Gasteiger partial charge in [-0.25, -0.2) is 0 Å². The van der Waals surface area contributed by atoms with E-state index in [9.17, 15) is 0 Å². The van der Waals surface area contributed by atoms with Crippen LogP contribution in [-0.2, 0) is 0 Å². The molecule has 0 bridgehead atoms. The lowest BCUT2D eigenvalue weighted by molar-refractivity contribution is 0.0324. The summed E-state index contributed by atoms with van der Waals surface area (Å²) < 4.78 is 0. The van der Waals surface area contributed by atoms with Crippen LogP contribution in [0.3, 0.4) is 0 Å². The Morgan fingerprint density at radius 3 is 2.10 bits per heavy atom. The van der Waals surface area contributed by atoms with E-state index in [1.165, 1.54) is 83.7 Å². The highest BCUT2D eigenvalue weighted by atomic mass is 15.3. The van der Waals surface area contributed by atoms with Gasteiger partial charge in [0.15, 0.2) is 0 Å². The Bertz CT molecular complexity index is 277. The van der Waals surface area contributed by atoms with Crippen LogP contribution in [0.25, 0.3) is 0 Å². The number of hydrogen-bond acceptors (Lipinski definition) is 2. The molecule has 1 saturated heterocycles. The molecule has 2 unspecified atom stereocenters. The van der Waals surface area contributed by atoms with Crippen molar-refractivity contribution >= 4 is 0 Å². The number of piperazine rings is 1. The molecule has 2 saturated carbocycles. The average molecular weight is 278 g/mol. The lowest BCUT2D eigenvalue weighted by atomic mass is 9.81. The van der Waals surface area contributed by atoms with Crippen LogP contribution >= 0.6 is 0 Å². The maximum Gasteiger partial charge on any atom is 0.0252 e. The molecule has 1 N–H and O–H groups in total. The zero-order chi connectivity index (χ0) is 13.8. The minimum absolute atomic E-state index is 0.693. The van der Waals surface area contributed by atoms with Crippen molar-refractivity contribution in [3.8, 4) is 0 Å². The van der Waals surface area contributed by atoms with Gasteiger partial charge >= 0.3 is 0 Å². The first kappa shape index (κ1) is 14.8. The molecule has 1 heterocycles. The van der Waals surface area contributed by atoms with Crippen LogP contribution < -0.4 is 5.32 Å². The van der Waals surface area contributed by atoms with Crippen LogP contribution in [0.2, 0.25) is 0 Å². The highest BCUT2D eigenvalue weighted by Crippen LogP contribution is 2.33. The third-order valence-electron chi connectivity index (χ3n) is 6.07. The second-order valence-corrected chi connectivity index (χ2v) is 7.62. The molecule has 0 aromatic rings. The van der Waals surface area contributed by atoms with E-state index < -0.39 is 0 Å². The van der Waals surface area contributed by atoms with Crippen LogP contribution in [0.15, 0.2) is 0 Å². The van der Waals surface area contributed by atoms with Crippen molar-refractivity contribution in [1.82, 2.24) is 10.2 Å². The smallest absolute Gasteiger partial charge is 0.0252 e. The second kappa shape index (κ2) is 7.26. The third-order valence-corrected chi connectivity index (χ3v) is 6.07. The largest absolute Gasteiger partial charge is 0.311 e. The molecule has 1 aliphatic heterocycles. The van der Waals surface area contributed by atoms with Crippen LogP contribution in [0.1, 0.15) is 77.6 Å². The fourth-order valence-electron chi connectivity index (χ4n) is 4.92. The van der Waals surface area contributed by atoms with Gasteiger partial charge in [-0.15, -0.1) is 0 Å². The van der Waals surface area contributed by atoms with E-state index in [-0.39, 0.29) is 0 Å². The molecule has 20 heavy (non-hydrogen) atoms. The summed E-state index contributed by atoms with van der Waals surface area (Å²) in [7, 11) is 0. The van der Waals surface area contributed by atoms with Gasteiger partial charge in [-0.05, 0) is 38.5 Å². The van der Waals surface area contributed by atoms with E-state index >= 15 is 0 Å². The molecule has 2 heteroatoms. The van der Waals surface area contributed by atoms with Gasteiger partial charge in [0.25, 0.3) is 0 Å². The minimum atomic E-state index is 0.693. The highest BCUT2D eigenvalue weighted by Gasteiger charge is 2.36. The van der Waals surface area contributed by atoms with Crippen molar-refractivity contribution in [2.45, 2.75) is 95.7 Å². The van der Waals surface area contributed by atoms with Crippen LogP contribution in [0.4, 0.5) is 0 Å². The van der Waals surface area contributed by atoms with E-state index in [0.717, 1.165) is 18.0 Å².